The number of nitrogens with two attached hydrogens (primary N) is 1. The molecule has 0 aliphatic rings. The topological polar surface area (TPSA) is 64.3 Å². The summed E-state index contributed by atoms with van der Waals surface area (Å²) in [6, 6.07) is 5.29. The van der Waals surface area contributed by atoms with Crippen molar-refractivity contribution in [1.82, 2.24) is 5.32 Å². The average molecular weight is 287 g/mol. The van der Waals surface area contributed by atoms with E-state index in [1.807, 2.05) is 6.92 Å². The maximum atomic E-state index is 11.3. The predicted octanol–water partition coefficient (Wildman–Crippen LogP) is 1.94. The molecule has 5 heteroatoms. The highest BCUT2D eigenvalue weighted by atomic mass is 79.9. The van der Waals surface area contributed by atoms with Crippen molar-refractivity contribution in [3.05, 3.63) is 22.7 Å². The highest BCUT2D eigenvalue weighted by Crippen LogP contribution is 2.29. The van der Waals surface area contributed by atoms with Crippen molar-refractivity contribution in [2.75, 3.05) is 18.9 Å². The first-order chi connectivity index (χ1) is 7.65. The molecule has 0 aliphatic carbocycles. The number of hydrogen-bond donors (Lipinski definition) is 2. The first kappa shape index (κ1) is 12.8. The number of ether oxygens (including phenoxy) is 1. The Kier molecular flexibility index (Phi) is 5.11. The zero-order valence-corrected chi connectivity index (χ0v) is 10.7. The molecule has 1 rings (SSSR count). The number of nitrogen functional groups attached to an aromatic ring is 1. The van der Waals surface area contributed by atoms with Crippen molar-refractivity contribution in [1.29, 1.82) is 0 Å². The van der Waals surface area contributed by atoms with Crippen LogP contribution >= 0.6 is 15.9 Å². The Morgan fingerprint density at radius 2 is 2.31 bits per heavy atom. The van der Waals surface area contributed by atoms with Crippen molar-refractivity contribution < 1.29 is 9.53 Å². The van der Waals surface area contributed by atoms with Crippen LogP contribution in [0.5, 0.6) is 5.75 Å². The van der Waals surface area contributed by atoms with Crippen LogP contribution < -0.4 is 15.8 Å². The second-order valence-electron chi connectivity index (χ2n) is 3.30. The fourth-order valence-electron chi connectivity index (χ4n) is 1.10. The molecule has 0 saturated heterocycles. The van der Waals surface area contributed by atoms with Gasteiger partial charge in [0.1, 0.15) is 5.75 Å². The number of amides is 1. The molecule has 0 aliphatic heterocycles. The van der Waals surface area contributed by atoms with Crippen molar-refractivity contribution in [3.63, 3.8) is 0 Å². The molecule has 0 atom stereocenters. The van der Waals surface area contributed by atoms with E-state index in [9.17, 15) is 4.79 Å². The van der Waals surface area contributed by atoms with E-state index in [0.717, 1.165) is 6.42 Å². The third-order valence-corrected chi connectivity index (χ3v) is 2.77. The van der Waals surface area contributed by atoms with Gasteiger partial charge in [0.2, 0.25) is 0 Å². The molecular formula is C11H15BrN2O2. The second kappa shape index (κ2) is 6.37. The third-order valence-electron chi connectivity index (χ3n) is 1.92. The summed E-state index contributed by atoms with van der Waals surface area (Å²) in [5, 5.41) is 2.73. The Morgan fingerprint density at radius 1 is 1.56 bits per heavy atom. The van der Waals surface area contributed by atoms with E-state index in [-0.39, 0.29) is 12.5 Å². The van der Waals surface area contributed by atoms with E-state index in [2.05, 4.69) is 21.2 Å². The Hall–Kier alpha value is -1.23. The van der Waals surface area contributed by atoms with Gasteiger partial charge < -0.3 is 15.8 Å². The van der Waals surface area contributed by atoms with Crippen molar-refractivity contribution in [2.24, 2.45) is 0 Å². The monoisotopic (exact) mass is 286 g/mol. The van der Waals surface area contributed by atoms with Crippen molar-refractivity contribution >= 4 is 27.5 Å². The molecule has 0 fully saturated rings. The summed E-state index contributed by atoms with van der Waals surface area (Å²) in [5.74, 6) is 0.447. The quantitative estimate of drug-likeness (QED) is 0.813. The first-order valence-corrected chi connectivity index (χ1v) is 5.88. The number of benzene rings is 1. The lowest BCUT2D eigenvalue weighted by atomic mass is 10.3. The van der Waals surface area contributed by atoms with Crippen LogP contribution in [0.1, 0.15) is 13.3 Å². The van der Waals surface area contributed by atoms with Crippen molar-refractivity contribution in [3.8, 4) is 5.75 Å². The summed E-state index contributed by atoms with van der Waals surface area (Å²) in [7, 11) is 0. The summed E-state index contributed by atoms with van der Waals surface area (Å²) in [5.41, 5.74) is 6.27. The van der Waals surface area contributed by atoms with Gasteiger partial charge in [-0.1, -0.05) is 13.0 Å². The second-order valence-corrected chi connectivity index (χ2v) is 4.09. The molecular weight excluding hydrogens is 272 g/mol. The molecule has 4 nitrogen and oxygen atoms in total. The molecule has 0 saturated carbocycles. The summed E-state index contributed by atoms with van der Waals surface area (Å²) < 4.78 is 6.02. The highest BCUT2D eigenvalue weighted by molar-refractivity contribution is 9.10. The molecule has 1 aromatic rings. The number of halogens is 1. The largest absolute Gasteiger partial charge is 0.483 e. The van der Waals surface area contributed by atoms with Gasteiger partial charge >= 0.3 is 0 Å². The van der Waals surface area contributed by atoms with Crippen LogP contribution in [0.4, 0.5) is 5.69 Å². The number of nitrogens with one attached hydrogen (secondary N) is 1. The van der Waals surface area contributed by atoms with Gasteiger partial charge in [0.05, 0.1) is 4.47 Å². The molecule has 88 valence electrons. The lowest BCUT2D eigenvalue weighted by Crippen LogP contribution is -2.29. The lowest BCUT2D eigenvalue weighted by molar-refractivity contribution is -0.123. The number of hydrogen-bond acceptors (Lipinski definition) is 3. The molecule has 0 spiro atoms. The summed E-state index contributed by atoms with van der Waals surface area (Å²) in [6.07, 6.45) is 0.910. The molecule has 0 heterocycles. The van der Waals surface area contributed by atoms with E-state index in [1.165, 1.54) is 0 Å². The smallest absolute Gasteiger partial charge is 0.257 e. The Balaban J connectivity index is 2.48. The van der Waals surface area contributed by atoms with Crippen LogP contribution in [0.2, 0.25) is 0 Å². The van der Waals surface area contributed by atoms with Gasteiger partial charge in [-0.05, 0) is 34.5 Å². The SMILES string of the molecule is CCCNC(=O)COc1cccc(N)c1Br. The van der Waals surface area contributed by atoms with Gasteiger partial charge in [-0.3, -0.25) is 4.79 Å². The number of anilines is 1. The van der Waals surface area contributed by atoms with E-state index >= 15 is 0 Å². The van der Waals surface area contributed by atoms with E-state index in [4.69, 9.17) is 10.5 Å². The van der Waals surface area contributed by atoms with Crippen LogP contribution in [0.3, 0.4) is 0 Å². The minimum atomic E-state index is -0.129. The van der Waals surface area contributed by atoms with Crippen LogP contribution in [0, 0.1) is 0 Å². The third kappa shape index (κ3) is 3.73. The van der Waals surface area contributed by atoms with Crippen LogP contribution in [-0.2, 0) is 4.79 Å². The van der Waals surface area contributed by atoms with Gasteiger partial charge in [-0.25, -0.2) is 0 Å². The minimum absolute atomic E-state index is 0.00204. The molecule has 0 aromatic heterocycles. The molecule has 1 aromatic carbocycles. The molecule has 3 N–H and O–H groups in total. The fraction of sp³-hybridized carbons (Fsp3) is 0.364. The van der Waals surface area contributed by atoms with Gasteiger partial charge in [-0.2, -0.15) is 0 Å². The Bertz CT molecular complexity index is 369. The van der Waals surface area contributed by atoms with Crippen LogP contribution in [-0.4, -0.2) is 19.1 Å². The maximum absolute atomic E-state index is 11.3. The van der Waals surface area contributed by atoms with Crippen molar-refractivity contribution in [2.45, 2.75) is 13.3 Å². The molecule has 0 radical (unpaired) electrons. The molecule has 16 heavy (non-hydrogen) atoms. The lowest BCUT2D eigenvalue weighted by Gasteiger charge is -2.09. The number of carbonyl (C=O) groups is 1. The summed E-state index contributed by atoms with van der Waals surface area (Å²) in [4.78, 5) is 11.3. The minimum Gasteiger partial charge on any atom is -0.483 e. The van der Waals surface area contributed by atoms with Crippen LogP contribution in [0.15, 0.2) is 22.7 Å². The molecule has 0 unspecified atom stereocenters. The van der Waals surface area contributed by atoms with Gasteiger partial charge in [0.25, 0.3) is 5.91 Å². The standard InChI is InChI=1S/C11H15BrN2O2/c1-2-6-14-10(15)7-16-9-5-3-4-8(13)11(9)12/h3-5H,2,6-7,13H2,1H3,(H,14,15). The van der Waals surface area contributed by atoms with E-state index in [0.29, 0.717) is 22.5 Å². The normalized spacial score (nSPS) is 9.88. The molecule has 1 amide bonds. The van der Waals surface area contributed by atoms with Gasteiger partial charge in [-0.15, -0.1) is 0 Å². The van der Waals surface area contributed by atoms with Gasteiger partial charge in [0, 0.05) is 12.2 Å². The Labute approximate surface area is 103 Å². The fourth-order valence-corrected chi connectivity index (χ4v) is 1.48. The van der Waals surface area contributed by atoms with E-state index in [1.54, 1.807) is 18.2 Å². The molecule has 0 bridgehead atoms. The highest BCUT2D eigenvalue weighted by Gasteiger charge is 2.06. The number of carbonyl (C=O) groups excluding carboxylic acids is 1. The summed E-state index contributed by atoms with van der Waals surface area (Å²) in [6.45, 7) is 2.66. The van der Waals surface area contributed by atoms with Gasteiger partial charge in [0.15, 0.2) is 6.61 Å². The zero-order valence-electron chi connectivity index (χ0n) is 9.13. The average Bonchev–Trinajstić information content (AvgIpc) is 2.28. The van der Waals surface area contributed by atoms with E-state index < -0.39 is 0 Å². The summed E-state index contributed by atoms with van der Waals surface area (Å²) >= 11 is 3.30. The zero-order chi connectivity index (χ0) is 12.0. The Morgan fingerprint density at radius 3 is 3.00 bits per heavy atom. The van der Waals surface area contributed by atoms with Crippen LogP contribution in [0.25, 0.3) is 0 Å². The predicted molar refractivity (Wildman–Crippen MR) is 67.4 cm³/mol. The maximum Gasteiger partial charge on any atom is 0.257 e. The first-order valence-electron chi connectivity index (χ1n) is 5.08. The number of rotatable bonds is 5.